The van der Waals surface area contributed by atoms with E-state index in [4.69, 9.17) is 22.7 Å². The van der Waals surface area contributed by atoms with E-state index in [9.17, 15) is 8.42 Å². The van der Waals surface area contributed by atoms with Crippen LogP contribution in [0, 0.1) is 5.41 Å². The molecule has 21 heavy (non-hydrogen) atoms. The molecule has 1 fully saturated rings. The number of nitrogens with two attached hydrogens (primary N) is 1. The SMILES string of the molecule is CCS(=O)(=O)C1CSCCN1c1nccc(C(=N)N)c1Cl. The Morgan fingerprint density at radius 2 is 2.38 bits per heavy atom. The average molecular weight is 349 g/mol. The molecule has 3 N–H and O–H groups in total. The molecule has 0 aliphatic carbocycles. The van der Waals surface area contributed by atoms with Gasteiger partial charge in [0.15, 0.2) is 9.84 Å². The molecule has 1 atom stereocenters. The van der Waals surface area contributed by atoms with Crippen molar-refractivity contribution in [3.8, 4) is 0 Å². The summed E-state index contributed by atoms with van der Waals surface area (Å²) in [5.74, 6) is 1.58. The van der Waals surface area contributed by atoms with E-state index in [1.165, 1.54) is 6.20 Å². The normalized spacial score (nSPS) is 19.5. The van der Waals surface area contributed by atoms with Crippen molar-refractivity contribution >= 4 is 44.9 Å². The van der Waals surface area contributed by atoms with Crippen molar-refractivity contribution in [3.63, 3.8) is 0 Å². The summed E-state index contributed by atoms with van der Waals surface area (Å²) in [7, 11) is -3.25. The van der Waals surface area contributed by atoms with Crippen molar-refractivity contribution in [2.75, 3.05) is 28.7 Å². The average Bonchev–Trinajstić information content (AvgIpc) is 2.47. The molecule has 6 nitrogen and oxygen atoms in total. The summed E-state index contributed by atoms with van der Waals surface area (Å²) in [6.45, 7) is 2.18. The lowest BCUT2D eigenvalue weighted by Crippen LogP contribution is -2.48. The highest BCUT2D eigenvalue weighted by atomic mass is 35.5. The van der Waals surface area contributed by atoms with Crippen molar-refractivity contribution in [1.82, 2.24) is 4.98 Å². The number of hydrogen-bond acceptors (Lipinski definition) is 6. The molecular weight excluding hydrogens is 332 g/mol. The van der Waals surface area contributed by atoms with E-state index in [1.807, 2.05) is 0 Å². The highest BCUT2D eigenvalue weighted by Crippen LogP contribution is 2.32. The Kier molecular flexibility index (Phi) is 5.00. The van der Waals surface area contributed by atoms with Crippen molar-refractivity contribution in [1.29, 1.82) is 5.41 Å². The van der Waals surface area contributed by atoms with Crippen LogP contribution in [0.4, 0.5) is 5.82 Å². The summed E-state index contributed by atoms with van der Waals surface area (Å²) in [5, 5.41) is 7.11. The second-order valence-electron chi connectivity index (χ2n) is 4.58. The van der Waals surface area contributed by atoms with Gasteiger partial charge in [0, 0.05) is 35.6 Å². The zero-order chi connectivity index (χ0) is 15.6. The van der Waals surface area contributed by atoms with E-state index in [0.717, 1.165) is 5.75 Å². The van der Waals surface area contributed by atoms with Gasteiger partial charge in [-0.05, 0) is 6.07 Å². The van der Waals surface area contributed by atoms with Crippen LogP contribution in [0.3, 0.4) is 0 Å². The molecule has 0 radical (unpaired) electrons. The lowest BCUT2D eigenvalue weighted by molar-refractivity contribution is 0.579. The molecule has 1 aliphatic rings. The van der Waals surface area contributed by atoms with E-state index in [2.05, 4.69) is 4.98 Å². The Morgan fingerprint density at radius 3 is 3.00 bits per heavy atom. The molecule has 0 amide bonds. The molecular formula is C12H17ClN4O2S2. The molecule has 1 aromatic heterocycles. The van der Waals surface area contributed by atoms with E-state index in [-0.39, 0.29) is 16.6 Å². The van der Waals surface area contributed by atoms with Crippen LogP contribution >= 0.6 is 23.4 Å². The van der Waals surface area contributed by atoms with Gasteiger partial charge in [-0.15, -0.1) is 0 Å². The number of amidine groups is 1. The monoisotopic (exact) mass is 348 g/mol. The van der Waals surface area contributed by atoms with Crippen LogP contribution in [0.1, 0.15) is 12.5 Å². The number of pyridine rings is 1. The molecule has 0 saturated carbocycles. The molecule has 1 saturated heterocycles. The first-order valence-corrected chi connectivity index (χ1v) is 9.68. The van der Waals surface area contributed by atoms with Crippen molar-refractivity contribution in [2.45, 2.75) is 12.3 Å². The number of hydrogen-bond donors (Lipinski definition) is 2. The van der Waals surface area contributed by atoms with E-state index in [0.29, 0.717) is 23.7 Å². The number of thioether (sulfide) groups is 1. The molecule has 0 aromatic carbocycles. The lowest BCUT2D eigenvalue weighted by Gasteiger charge is -2.36. The molecule has 2 rings (SSSR count). The van der Waals surface area contributed by atoms with Gasteiger partial charge in [-0.25, -0.2) is 13.4 Å². The number of aromatic nitrogens is 1. The van der Waals surface area contributed by atoms with E-state index < -0.39 is 15.2 Å². The molecule has 9 heteroatoms. The van der Waals surface area contributed by atoms with Crippen LogP contribution in [0.15, 0.2) is 12.3 Å². The van der Waals surface area contributed by atoms with Crippen LogP contribution in [-0.2, 0) is 9.84 Å². The van der Waals surface area contributed by atoms with Gasteiger partial charge in [-0.3, -0.25) is 5.41 Å². The second-order valence-corrected chi connectivity index (χ2v) is 8.56. The molecule has 1 aliphatic heterocycles. The van der Waals surface area contributed by atoms with Gasteiger partial charge in [-0.2, -0.15) is 11.8 Å². The largest absolute Gasteiger partial charge is 0.384 e. The minimum absolute atomic E-state index is 0.0682. The number of nitrogens with zero attached hydrogens (tertiary/aromatic N) is 2. The Balaban J connectivity index is 2.48. The Hall–Kier alpha value is -0.990. The lowest BCUT2D eigenvalue weighted by atomic mass is 10.2. The topological polar surface area (TPSA) is 100 Å². The minimum atomic E-state index is -3.25. The Morgan fingerprint density at radius 1 is 1.67 bits per heavy atom. The highest BCUT2D eigenvalue weighted by molar-refractivity contribution is 8.01. The van der Waals surface area contributed by atoms with Crippen molar-refractivity contribution in [3.05, 3.63) is 22.8 Å². The van der Waals surface area contributed by atoms with E-state index in [1.54, 1.807) is 29.7 Å². The van der Waals surface area contributed by atoms with Crippen LogP contribution in [0.25, 0.3) is 0 Å². The maximum atomic E-state index is 12.3. The van der Waals surface area contributed by atoms with Crippen molar-refractivity contribution < 1.29 is 8.42 Å². The third-order valence-electron chi connectivity index (χ3n) is 3.33. The summed E-state index contributed by atoms with van der Waals surface area (Å²) in [4.78, 5) is 5.92. The van der Waals surface area contributed by atoms with Crippen LogP contribution < -0.4 is 10.6 Å². The predicted molar refractivity (Wildman–Crippen MR) is 88.2 cm³/mol. The van der Waals surface area contributed by atoms with Crippen molar-refractivity contribution in [2.24, 2.45) is 5.73 Å². The van der Waals surface area contributed by atoms with Gasteiger partial charge >= 0.3 is 0 Å². The first-order chi connectivity index (χ1) is 9.88. The van der Waals surface area contributed by atoms with Gasteiger partial charge < -0.3 is 10.6 Å². The number of nitrogens with one attached hydrogen (secondary N) is 1. The molecule has 0 bridgehead atoms. The van der Waals surface area contributed by atoms with Gasteiger partial charge in [0.2, 0.25) is 0 Å². The first kappa shape index (κ1) is 16.4. The Bertz CT molecular complexity index is 651. The second kappa shape index (κ2) is 6.41. The fourth-order valence-electron chi connectivity index (χ4n) is 2.15. The summed E-state index contributed by atoms with van der Waals surface area (Å²) in [5.41, 5.74) is 5.86. The van der Waals surface area contributed by atoms with Gasteiger partial charge in [0.05, 0.1) is 5.02 Å². The first-order valence-electron chi connectivity index (χ1n) is 6.43. The van der Waals surface area contributed by atoms with Gasteiger partial charge in [0.25, 0.3) is 0 Å². The van der Waals surface area contributed by atoms with Gasteiger partial charge in [-0.1, -0.05) is 18.5 Å². The molecule has 1 aromatic rings. The summed E-state index contributed by atoms with van der Waals surface area (Å²) >= 11 is 7.87. The Labute approximate surface area is 133 Å². The molecule has 1 unspecified atom stereocenters. The minimum Gasteiger partial charge on any atom is -0.384 e. The quantitative estimate of drug-likeness (QED) is 0.629. The number of anilines is 1. The zero-order valence-electron chi connectivity index (χ0n) is 11.5. The standard InChI is InChI=1S/C12H17ClN4O2S2/c1-2-21(18,19)9-7-20-6-5-17(9)12-10(13)8(11(14)15)3-4-16-12/h3-4,9H,2,5-7H2,1H3,(H3,14,15). The maximum Gasteiger partial charge on any atom is 0.171 e. The van der Waals surface area contributed by atoms with Crippen LogP contribution in [0.5, 0.6) is 0 Å². The summed E-state index contributed by atoms with van der Waals surface area (Å²) < 4.78 is 24.6. The maximum absolute atomic E-state index is 12.3. The predicted octanol–water partition coefficient (Wildman–Crippen LogP) is 1.33. The smallest absolute Gasteiger partial charge is 0.171 e. The number of rotatable bonds is 4. The fourth-order valence-corrected chi connectivity index (χ4v) is 5.45. The highest BCUT2D eigenvalue weighted by Gasteiger charge is 2.35. The van der Waals surface area contributed by atoms with Crippen LogP contribution in [-0.4, -0.2) is 48.4 Å². The summed E-state index contributed by atoms with van der Waals surface area (Å²) in [6, 6.07) is 1.55. The summed E-state index contributed by atoms with van der Waals surface area (Å²) in [6.07, 6.45) is 1.50. The molecule has 2 heterocycles. The van der Waals surface area contributed by atoms with Gasteiger partial charge in [0.1, 0.15) is 17.0 Å². The zero-order valence-corrected chi connectivity index (χ0v) is 13.9. The number of halogens is 1. The third-order valence-corrected chi connectivity index (χ3v) is 7.00. The third kappa shape index (κ3) is 3.27. The van der Waals surface area contributed by atoms with E-state index >= 15 is 0 Å². The molecule has 116 valence electrons. The fraction of sp³-hybridized carbons (Fsp3) is 0.500. The number of sulfone groups is 1. The molecule has 0 spiro atoms. The van der Waals surface area contributed by atoms with Crippen LogP contribution in [0.2, 0.25) is 5.02 Å². The number of nitrogen functional groups attached to an aromatic ring is 1.